The van der Waals surface area contributed by atoms with Gasteiger partial charge in [0.05, 0.1) is 5.02 Å². The van der Waals surface area contributed by atoms with Gasteiger partial charge in [-0.25, -0.2) is 4.39 Å². The zero-order valence-corrected chi connectivity index (χ0v) is 12.2. The molecule has 0 aliphatic heterocycles. The van der Waals surface area contributed by atoms with Gasteiger partial charge in [-0.1, -0.05) is 35.6 Å². The van der Waals surface area contributed by atoms with Crippen LogP contribution in [0.5, 0.6) is 5.75 Å². The predicted molar refractivity (Wildman–Crippen MR) is 80.9 cm³/mol. The minimum atomic E-state index is -0.457. The maximum absolute atomic E-state index is 13.7. The highest BCUT2D eigenvalue weighted by Crippen LogP contribution is 2.21. The monoisotopic (exact) mass is 304 g/mol. The lowest BCUT2D eigenvalue weighted by atomic mass is 10.1. The quantitative estimate of drug-likeness (QED) is 0.876. The second kappa shape index (κ2) is 7.12. The van der Waals surface area contributed by atoms with Crippen LogP contribution in [0.1, 0.15) is 16.7 Å². The van der Waals surface area contributed by atoms with Crippen LogP contribution in [-0.2, 0) is 6.61 Å². The van der Waals surface area contributed by atoms with E-state index in [1.54, 1.807) is 18.2 Å². The first-order chi connectivity index (χ1) is 10.1. The van der Waals surface area contributed by atoms with Crippen LogP contribution in [0.25, 0.3) is 0 Å². The van der Waals surface area contributed by atoms with Crippen molar-refractivity contribution in [1.82, 2.24) is 0 Å². The molecule has 0 aliphatic rings. The number of ether oxygens (including phenoxy) is 1. The van der Waals surface area contributed by atoms with Gasteiger partial charge in [0.25, 0.3) is 0 Å². The average Bonchev–Trinajstić information content (AvgIpc) is 2.48. The Morgan fingerprint density at radius 2 is 2.10 bits per heavy atom. The summed E-state index contributed by atoms with van der Waals surface area (Å²) in [5, 5.41) is 8.77. The minimum Gasteiger partial charge on any atom is -0.489 e. The van der Waals surface area contributed by atoms with E-state index in [1.165, 1.54) is 6.07 Å². The fraction of sp³-hybridized carbons (Fsp3) is 0.176. The molecule has 0 heterocycles. The Kier molecular flexibility index (Phi) is 5.21. The normalized spacial score (nSPS) is 9.90. The molecule has 0 amide bonds. The van der Waals surface area contributed by atoms with Crippen LogP contribution >= 0.6 is 11.6 Å². The molecule has 0 bridgehead atoms. The van der Waals surface area contributed by atoms with Gasteiger partial charge in [0, 0.05) is 11.1 Å². The van der Waals surface area contributed by atoms with Crippen molar-refractivity contribution < 1.29 is 14.2 Å². The van der Waals surface area contributed by atoms with Crippen molar-refractivity contribution in [2.24, 2.45) is 0 Å². The molecule has 1 N–H and O–H groups in total. The molecule has 2 nitrogen and oxygen atoms in total. The molecule has 0 saturated carbocycles. The molecule has 0 fully saturated rings. The van der Waals surface area contributed by atoms with Crippen molar-refractivity contribution in [3.05, 3.63) is 63.9 Å². The van der Waals surface area contributed by atoms with Gasteiger partial charge in [-0.2, -0.15) is 0 Å². The molecular weight excluding hydrogens is 291 g/mol. The lowest BCUT2D eigenvalue weighted by molar-refractivity contribution is 0.299. The molecule has 0 aromatic heterocycles. The molecule has 0 radical (unpaired) electrons. The Hall–Kier alpha value is -2.02. The first-order valence-electron chi connectivity index (χ1n) is 6.38. The molecule has 21 heavy (non-hydrogen) atoms. The van der Waals surface area contributed by atoms with Crippen molar-refractivity contribution in [2.45, 2.75) is 13.5 Å². The van der Waals surface area contributed by atoms with Crippen molar-refractivity contribution in [3.63, 3.8) is 0 Å². The number of hydrogen-bond donors (Lipinski definition) is 1. The number of aliphatic hydroxyl groups excluding tert-OH is 1. The lowest BCUT2D eigenvalue weighted by Gasteiger charge is -2.09. The van der Waals surface area contributed by atoms with Crippen LogP contribution in [0.15, 0.2) is 36.4 Å². The van der Waals surface area contributed by atoms with Gasteiger partial charge in [-0.15, -0.1) is 0 Å². The topological polar surface area (TPSA) is 29.5 Å². The van der Waals surface area contributed by atoms with Gasteiger partial charge >= 0.3 is 0 Å². The summed E-state index contributed by atoms with van der Waals surface area (Å²) in [5.41, 5.74) is 2.16. The van der Waals surface area contributed by atoms with Crippen LogP contribution in [0.4, 0.5) is 4.39 Å². The highest BCUT2D eigenvalue weighted by atomic mass is 35.5. The molecule has 0 spiro atoms. The van der Waals surface area contributed by atoms with Gasteiger partial charge in [-0.05, 0) is 36.8 Å². The van der Waals surface area contributed by atoms with E-state index >= 15 is 0 Å². The minimum absolute atomic E-state index is 0.0851. The van der Waals surface area contributed by atoms with Gasteiger partial charge in [0.2, 0.25) is 0 Å². The van der Waals surface area contributed by atoms with E-state index in [9.17, 15) is 4.39 Å². The second-order valence-electron chi connectivity index (χ2n) is 4.44. The van der Waals surface area contributed by atoms with E-state index in [0.29, 0.717) is 11.3 Å². The van der Waals surface area contributed by atoms with E-state index in [4.69, 9.17) is 21.4 Å². The summed E-state index contributed by atoms with van der Waals surface area (Å²) in [6.07, 6.45) is 0. The van der Waals surface area contributed by atoms with Crippen LogP contribution < -0.4 is 4.74 Å². The van der Waals surface area contributed by atoms with Gasteiger partial charge in [-0.3, -0.25) is 0 Å². The van der Waals surface area contributed by atoms with Gasteiger partial charge in [0.1, 0.15) is 24.8 Å². The Bertz CT molecular complexity index is 702. The molecule has 4 heteroatoms. The van der Waals surface area contributed by atoms with Crippen molar-refractivity contribution >= 4 is 11.6 Å². The van der Waals surface area contributed by atoms with Gasteiger partial charge < -0.3 is 9.84 Å². The maximum Gasteiger partial charge on any atom is 0.148 e. The first-order valence-corrected chi connectivity index (χ1v) is 6.75. The average molecular weight is 305 g/mol. The summed E-state index contributed by atoms with van der Waals surface area (Å²) >= 11 is 5.72. The lowest BCUT2D eigenvalue weighted by Crippen LogP contribution is -1.99. The second-order valence-corrected chi connectivity index (χ2v) is 4.85. The number of rotatable bonds is 3. The van der Waals surface area contributed by atoms with Crippen LogP contribution in [0, 0.1) is 24.6 Å². The number of hydrogen-bond acceptors (Lipinski definition) is 2. The van der Waals surface area contributed by atoms with E-state index in [-0.39, 0.29) is 18.2 Å². The predicted octanol–water partition coefficient (Wildman–Crippen LogP) is 3.71. The summed E-state index contributed by atoms with van der Waals surface area (Å²) in [4.78, 5) is 0. The summed E-state index contributed by atoms with van der Waals surface area (Å²) < 4.78 is 19.3. The molecule has 0 unspecified atom stereocenters. The number of aryl methyl sites for hydroxylation is 1. The Morgan fingerprint density at radius 1 is 1.29 bits per heavy atom. The summed E-state index contributed by atoms with van der Waals surface area (Å²) in [6, 6.07) is 10.2. The number of halogens is 2. The number of benzene rings is 2. The molecule has 2 rings (SSSR count). The first kappa shape index (κ1) is 15.4. The molecule has 108 valence electrons. The zero-order valence-electron chi connectivity index (χ0n) is 11.5. The Labute approximate surface area is 128 Å². The van der Waals surface area contributed by atoms with E-state index in [0.717, 1.165) is 11.1 Å². The fourth-order valence-electron chi connectivity index (χ4n) is 1.82. The maximum atomic E-state index is 13.7. The van der Waals surface area contributed by atoms with Crippen LogP contribution in [-0.4, -0.2) is 11.7 Å². The molecule has 0 saturated heterocycles. The number of aliphatic hydroxyl groups is 1. The van der Waals surface area contributed by atoms with Crippen LogP contribution in [0.2, 0.25) is 5.02 Å². The third-order valence-corrected chi connectivity index (χ3v) is 3.22. The van der Waals surface area contributed by atoms with E-state index in [1.807, 2.05) is 19.1 Å². The molecular formula is C17H14ClFO2. The Balaban J connectivity index is 2.10. The fourth-order valence-corrected chi connectivity index (χ4v) is 2.02. The standard InChI is InChI=1S/C17H14ClFO2/c1-12-10-15(8-7-13(12)5-3-9-20)21-11-14-4-2-6-16(18)17(14)19/h2,4,6-8,10,20H,9,11H2,1H3. The molecule has 2 aromatic rings. The highest BCUT2D eigenvalue weighted by molar-refractivity contribution is 6.30. The van der Waals surface area contributed by atoms with E-state index in [2.05, 4.69) is 11.8 Å². The smallest absolute Gasteiger partial charge is 0.148 e. The molecule has 0 atom stereocenters. The third kappa shape index (κ3) is 3.98. The summed E-state index contributed by atoms with van der Waals surface area (Å²) in [6.45, 7) is 1.83. The van der Waals surface area contributed by atoms with Crippen LogP contribution in [0.3, 0.4) is 0 Å². The summed E-state index contributed by atoms with van der Waals surface area (Å²) in [7, 11) is 0. The van der Waals surface area contributed by atoms with Gasteiger partial charge in [0.15, 0.2) is 0 Å². The largest absolute Gasteiger partial charge is 0.489 e. The Morgan fingerprint density at radius 3 is 2.81 bits per heavy atom. The summed E-state index contributed by atoms with van der Waals surface area (Å²) in [5.74, 6) is 5.61. The van der Waals surface area contributed by atoms with Crippen molar-refractivity contribution in [2.75, 3.05) is 6.61 Å². The third-order valence-electron chi connectivity index (χ3n) is 2.93. The molecule has 0 aliphatic carbocycles. The van der Waals surface area contributed by atoms with E-state index < -0.39 is 5.82 Å². The highest BCUT2D eigenvalue weighted by Gasteiger charge is 2.07. The molecule has 2 aromatic carbocycles. The SMILES string of the molecule is Cc1cc(OCc2cccc(Cl)c2F)ccc1C#CCO. The zero-order chi connectivity index (χ0) is 15.2. The van der Waals surface area contributed by atoms with Crippen molar-refractivity contribution in [1.29, 1.82) is 0 Å². The van der Waals surface area contributed by atoms with Crippen molar-refractivity contribution in [3.8, 4) is 17.6 Å².